The van der Waals surface area contributed by atoms with E-state index >= 15 is 0 Å². The summed E-state index contributed by atoms with van der Waals surface area (Å²) < 4.78 is 0. The summed E-state index contributed by atoms with van der Waals surface area (Å²) in [5, 5.41) is 31.6. The first-order valence-corrected chi connectivity index (χ1v) is 4.85. The van der Waals surface area contributed by atoms with Crippen molar-refractivity contribution >= 4 is 5.69 Å². The molecule has 0 unspecified atom stereocenters. The van der Waals surface area contributed by atoms with Crippen LogP contribution in [0.3, 0.4) is 0 Å². The first-order valence-electron chi connectivity index (χ1n) is 4.85. The lowest BCUT2D eigenvalue weighted by molar-refractivity contribution is -0.385. The van der Waals surface area contributed by atoms with Crippen LogP contribution in [0, 0.1) is 10.1 Å². The molecule has 0 amide bonds. The maximum absolute atomic E-state index is 10.4. The van der Waals surface area contributed by atoms with E-state index in [1.165, 1.54) is 12.1 Å². The van der Waals surface area contributed by atoms with Gasteiger partial charge in [0.15, 0.2) is 5.75 Å². The third-order valence-corrected chi connectivity index (χ3v) is 2.17. The zero-order valence-corrected chi connectivity index (χ0v) is 8.88. The Balaban J connectivity index is 2.70. The average Bonchev–Trinajstić information content (AvgIpc) is 2.25. The molecule has 0 aliphatic rings. The maximum atomic E-state index is 10.4. The highest BCUT2D eigenvalue weighted by Crippen LogP contribution is 2.26. The predicted octanol–water partition coefficient (Wildman–Crippen LogP) is 0.771. The van der Waals surface area contributed by atoms with Crippen LogP contribution in [0.15, 0.2) is 18.2 Å². The number of hydrogen-bond acceptors (Lipinski definition) is 5. The third kappa shape index (κ3) is 3.18. The topological polar surface area (TPSA) is 95.6 Å². The lowest BCUT2D eigenvalue weighted by Gasteiger charge is -2.10. The van der Waals surface area contributed by atoms with Gasteiger partial charge in [0.25, 0.3) is 0 Å². The second-order valence-electron chi connectivity index (χ2n) is 3.54. The molecular weight excluding hydrogens is 212 g/mol. The van der Waals surface area contributed by atoms with Gasteiger partial charge in [-0.3, -0.25) is 10.1 Å². The fraction of sp³-hybridized carbons (Fsp3) is 0.400. The number of nitrogens with one attached hydrogen (secondary N) is 1. The lowest BCUT2D eigenvalue weighted by atomic mass is 10.2. The van der Waals surface area contributed by atoms with E-state index < -0.39 is 4.92 Å². The smallest absolute Gasteiger partial charge is 0.310 e. The van der Waals surface area contributed by atoms with Crippen LogP contribution in [0.2, 0.25) is 0 Å². The Labute approximate surface area is 92.7 Å². The highest BCUT2D eigenvalue weighted by molar-refractivity contribution is 5.47. The van der Waals surface area contributed by atoms with Crippen molar-refractivity contribution in [2.45, 2.75) is 19.5 Å². The number of nitro groups is 1. The van der Waals surface area contributed by atoms with Gasteiger partial charge in [-0.15, -0.1) is 0 Å². The van der Waals surface area contributed by atoms with Crippen molar-refractivity contribution in [3.63, 3.8) is 0 Å². The number of nitrogens with zero attached hydrogens (tertiary/aromatic N) is 1. The van der Waals surface area contributed by atoms with Crippen molar-refractivity contribution in [2.75, 3.05) is 6.61 Å². The number of phenols is 1. The Kier molecular flexibility index (Phi) is 4.21. The molecule has 0 saturated carbocycles. The summed E-state index contributed by atoms with van der Waals surface area (Å²) in [5.41, 5.74) is 0.419. The van der Waals surface area contributed by atoms with Crippen molar-refractivity contribution in [1.82, 2.24) is 5.32 Å². The first-order chi connectivity index (χ1) is 7.54. The first kappa shape index (κ1) is 12.4. The number of aliphatic hydroxyl groups is 1. The van der Waals surface area contributed by atoms with Crippen molar-refractivity contribution in [3.05, 3.63) is 33.9 Å². The summed E-state index contributed by atoms with van der Waals surface area (Å²) in [6.07, 6.45) is 0. The second kappa shape index (κ2) is 5.43. The monoisotopic (exact) mass is 226 g/mol. The Hall–Kier alpha value is -1.66. The van der Waals surface area contributed by atoms with E-state index in [-0.39, 0.29) is 24.1 Å². The van der Waals surface area contributed by atoms with Crippen LogP contribution in [0.25, 0.3) is 0 Å². The summed E-state index contributed by atoms with van der Waals surface area (Å²) in [6.45, 7) is 2.26. The second-order valence-corrected chi connectivity index (χ2v) is 3.54. The minimum Gasteiger partial charge on any atom is -0.502 e. The van der Waals surface area contributed by atoms with E-state index in [2.05, 4.69) is 5.32 Å². The number of aromatic hydroxyl groups is 1. The molecule has 0 aliphatic heterocycles. The SMILES string of the molecule is C[C@@H](CO)NCc1ccc([N+](=O)[O-])c(O)c1. The molecule has 16 heavy (non-hydrogen) atoms. The molecule has 6 nitrogen and oxygen atoms in total. The predicted molar refractivity (Wildman–Crippen MR) is 58.1 cm³/mol. The molecule has 0 saturated heterocycles. The van der Waals surface area contributed by atoms with Gasteiger partial charge in [-0.25, -0.2) is 0 Å². The number of phenolic OH excluding ortho intramolecular Hbond substituents is 1. The van der Waals surface area contributed by atoms with Crippen molar-refractivity contribution < 1.29 is 15.1 Å². The van der Waals surface area contributed by atoms with E-state index in [1.54, 1.807) is 6.07 Å². The lowest BCUT2D eigenvalue weighted by Crippen LogP contribution is -2.28. The van der Waals surface area contributed by atoms with Gasteiger partial charge in [0.1, 0.15) is 0 Å². The minimum absolute atomic E-state index is 0.0129. The Morgan fingerprint density at radius 2 is 2.25 bits per heavy atom. The van der Waals surface area contributed by atoms with Crippen molar-refractivity contribution in [3.8, 4) is 5.75 Å². The zero-order chi connectivity index (χ0) is 12.1. The summed E-state index contributed by atoms with van der Waals surface area (Å²) in [6, 6.07) is 4.11. The normalized spacial score (nSPS) is 12.4. The summed E-state index contributed by atoms with van der Waals surface area (Å²) in [4.78, 5) is 9.81. The van der Waals surface area contributed by atoms with Crippen LogP contribution in [-0.2, 0) is 6.54 Å². The van der Waals surface area contributed by atoms with E-state index in [4.69, 9.17) is 5.11 Å². The molecule has 6 heteroatoms. The molecule has 0 aliphatic carbocycles. The van der Waals surface area contributed by atoms with Gasteiger partial charge >= 0.3 is 5.69 Å². The highest BCUT2D eigenvalue weighted by Gasteiger charge is 2.12. The quantitative estimate of drug-likeness (QED) is 0.509. The number of aliphatic hydroxyl groups excluding tert-OH is 1. The molecule has 1 aromatic carbocycles. The summed E-state index contributed by atoms with van der Waals surface area (Å²) in [7, 11) is 0. The van der Waals surface area contributed by atoms with Crippen LogP contribution in [-0.4, -0.2) is 27.8 Å². The van der Waals surface area contributed by atoms with Crippen LogP contribution in [0.1, 0.15) is 12.5 Å². The number of nitro benzene ring substituents is 1. The molecule has 1 rings (SSSR count). The Morgan fingerprint density at radius 3 is 2.75 bits per heavy atom. The molecule has 0 radical (unpaired) electrons. The number of benzene rings is 1. The zero-order valence-electron chi connectivity index (χ0n) is 8.88. The van der Waals surface area contributed by atoms with Crippen LogP contribution < -0.4 is 5.32 Å². The van der Waals surface area contributed by atoms with Crippen LogP contribution in [0.4, 0.5) is 5.69 Å². The van der Waals surface area contributed by atoms with Gasteiger partial charge in [-0.1, -0.05) is 6.07 Å². The van der Waals surface area contributed by atoms with Crippen molar-refractivity contribution in [1.29, 1.82) is 0 Å². The molecule has 0 aromatic heterocycles. The Morgan fingerprint density at radius 1 is 1.56 bits per heavy atom. The van der Waals surface area contributed by atoms with Gasteiger partial charge in [-0.2, -0.15) is 0 Å². The average molecular weight is 226 g/mol. The molecule has 1 atom stereocenters. The molecule has 0 bridgehead atoms. The van der Waals surface area contributed by atoms with Gasteiger partial charge < -0.3 is 15.5 Å². The van der Waals surface area contributed by atoms with E-state index in [1.807, 2.05) is 6.92 Å². The van der Waals surface area contributed by atoms with Gasteiger partial charge in [-0.05, 0) is 18.6 Å². The molecule has 1 aromatic rings. The van der Waals surface area contributed by atoms with Crippen molar-refractivity contribution in [2.24, 2.45) is 0 Å². The van der Waals surface area contributed by atoms with Crippen LogP contribution in [0.5, 0.6) is 5.75 Å². The standard InChI is InChI=1S/C10H14N2O4/c1-7(6-13)11-5-8-2-3-9(12(15)16)10(14)4-8/h2-4,7,11,13-14H,5-6H2,1H3/t7-/m0/s1. The van der Waals surface area contributed by atoms with E-state index in [0.717, 1.165) is 5.56 Å². The minimum atomic E-state index is -0.636. The summed E-state index contributed by atoms with van der Waals surface area (Å²) in [5.74, 6) is -0.346. The Bertz CT molecular complexity index is 381. The van der Waals surface area contributed by atoms with Crippen LogP contribution >= 0.6 is 0 Å². The fourth-order valence-corrected chi connectivity index (χ4v) is 1.19. The number of rotatable bonds is 5. The van der Waals surface area contributed by atoms with E-state index in [9.17, 15) is 15.2 Å². The highest BCUT2D eigenvalue weighted by atomic mass is 16.6. The van der Waals surface area contributed by atoms with E-state index in [0.29, 0.717) is 6.54 Å². The molecule has 0 spiro atoms. The van der Waals surface area contributed by atoms with Gasteiger partial charge in [0.05, 0.1) is 11.5 Å². The molecule has 0 heterocycles. The van der Waals surface area contributed by atoms with Gasteiger partial charge in [0, 0.05) is 18.7 Å². The van der Waals surface area contributed by atoms with Gasteiger partial charge in [0.2, 0.25) is 0 Å². The molecule has 88 valence electrons. The maximum Gasteiger partial charge on any atom is 0.310 e. The molecule has 3 N–H and O–H groups in total. The molecular formula is C10H14N2O4. The molecule has 0 fully saturated rings. The largest absolute Gasteiger partial charge is 0.502 e. The third-order valence-electron chi connectivity index (χ3n) is 2.17. The fourth-order valence-electron chi connectivity index (χ4n) is 1.19. The summed E-state index contributed by atoms with van der Waals surface area (Å²) >= 11 is 0. The number of hydrogen-bond donors (Lipinski definition) is 3.